The molecule has 0 radical (unpaired) electrons. The van der Waals surface area contributed by atoms with Gasteiger partial charge in [0.1, 0.15) is 0 Å². The molecule has 152 valence electrons. The second kappa shape index (κ2) is 8.57. The number of benzene rings is 3. The van der Waals surface area contributed by atoms with Crippen molar-refractivity contribution in [2.24, 2.45) is 0 Å². The van der Waals surface area contributed by atoms with Crippen molar-refractivity contribution in [3.05, 3.63) is 92.0 Å². The monoisotopic (exact) mass is 384 g/mol. The smallest absolute Gasteiger partial charge is 0.0149 e. The fourth-order valence-electron chi connectivity index (χ4n) is 4.54. The molecular formula is C29H36. The van der Waals surface area contributed by atoms with Crippen LogP contribution in [0, 0.1) is 48.5 Å². The maximum atomic E-state index is 2.36. The fourth-order valence-corrected chi connectivity index (χ4v) is 4.54. The average molecular weight is 385 g/mol. The van der Waals surface area contributed by atoms with Crippen molar-refractivity contribution < 1.29 is 0 Å². The summed E-state index contributed by atoms with van der Waals surface area (Å²) in [6.07, 6.45) is 3.31. The van der Waals surface area contributed by atoms with Gasteiger partial charge in [0.25, 0.3) is 0 Å². The first-order valence-electron chi connectivity index (χ1n) is 11.0. The Hall–Kier alpha value is -2.34. The minimum atomic E-state index is 1.10. The van der Waals surface area contributed by atoms with Crippen LogP contribution in [0.25, 0.3) is 11.1 Å². The number of aryl methyl sites for hydroxylation is 4. The van der Waals surface area contributed by atoms with Gasteiger partial charge in [-0.25, -0.2) is 0 Å². The summed E-state index contributed by atoms with van der Waals surface area (Å²) in [7, 11) is 0. The van der Waals surface area contributed by atoms with Crippen LogP contribution in [-0.2, 0) is 19.3 Å². The Kier molecular flexibility index (Phi) is 6.32. The first-order chi connectivity index (χ1) is 13.8. The third-order valence-corrected chi connectivity index (χ3v) is 7.30. The lowest BCUT2D eigenvalue weighted by Gasteiger charge is -2.18. The summed E-state index contributed by atoms with van der Waals surface area (Å²) in [4.78, 5) is 0. The Labute approximate surface area is 178 Å². The molecule has 0 unspecified atom stereocenters. The maximum Gasteiger partial charge on any atom is -0.0149 e. The van der Waals surface area contributed by atoms with Gasteiger partial charge in [0.2, 0.25) is 0 Å². The van der Waals surface area contributed by atoms with Gasteiger partial charge in [-0.3, -0.25) is 0 Å². The zero-order valence-corrected chi connectivity index (χ0v) is 19.6. The van der Waals surface area contributed by atoms with Gasteiger partial charge in [-0.15, -0.1) is 0 Å². The van der Waals surface area contributed by atoms with Crippen molar-refractivity contribution in [3.8, 4) is 11.1 Å². The number of hydrogen-bond acceptors (Lipinski definition) is 0. The summed E-state index contributed by atoms with van der Waals surface area (Å²) in [6, 6.07) is 13.9. The van der Waals surface area contributed by atoms with E-state index in [1.165, 1.54) is 66.8 Å². The lowest BCUT2D eigenvalue weighted by atomic mass is 9.87. The normalized spacial score (nSPS) is 11.2. The first kappa shape index (κ1) is 21.4. The van der Waals surface area contributed by atoms with E-state index in [0.29, 0.717) is 0 Å². The zero-order chi connectivity index (χ0) is 21.3. The van der Waals surface area contributed by atoms with Gasteiger partial charge in [0.05, 0.1) is 0 Å². The van der Waals surface area contributed by atoms with Gasteiger partial charge >= 0.3 is 0 Å². The van der Waals surface area contributed by atoms with E-state index < -0.39 is 0 Å². The Morgan fingerprint density at radius 2 is 0.862 bits per heavy atom. The molecule has 0 heteroatoms. The summed E-state index contributed by atoms with van der Waals surface area (Å²) in [5, 5.41) is 0. The van der Waals surface area contributed by atoms with Crippen LogP contribution < -0.4 is 0 Å². The highest BCUT2D eigenvalue weighted by molar-refractivity contribution is 5.73. The van der Waals surface area contributed by atoms with E-state index in [1.54, 1.807) is 0 Å². The Morgan fingerprint density at radius 3 is 1.38 bits per heavy atom. The van der Waals surface area contributed by atoms with Crippen molar-refractivity contribution >= 4 is 0 Å². The highest BCUT2D eigenvalue weighted by Crippen LogP contribution is 2.33. The van der Waals surface area contributed by atoms with Gasteiger partial charge in [-0.05, 0) is 134 Å². The van der Waals surface area contributed by atoms with E-state index in [4.69, 9.17) is 0 Å². The predicted octanol–water partition coefficient (Wildman–Crippen LogP) is 7.86. The third kappa shape index (κ3) is 4.04. The molecule has 3 rings (SSSR count). The minimum Gasteiger partial charge on any atom is -0.0613 e. The van der Waals surface area contributed by atoms with Crippen LogP contribution in [0.15, 0.2) is 36.4 Å². The summed E-state index contributed by atoms with van der Waals surface area (Å²) in [5.41, 5.74) is 17.2. The molecular weight excluding hydrogens is 348 g/mol. The predicted molar refractivity (Wildman–Crippen MR) is 128 cm³/mol. The van der Waals surface area contributed by atoms with E-state index >= 15 is 0 Å². The Bertz CT molecular complexity index is 1050. The van der Waals surface area contributed by atoms with Crippen LogP contribution in [0.5, 0.6) is 0 Å². The summed E-state index contributed by atoms with van der Waals surface area (Å²) >= 11 is 0. The van der Waals surface area contributed by atoms with Crippen LogP contribution >= 0.6 is 0 Å². The van der Waals surface area contributed by atoms with Crippen molar-refractivity contribution in [3.63, 3.8) is 0 Å². The van der Waals surface area contributed by atoms with Gasteiger partial charge in [0, 0.05) is 0 Å². The lowest BCUT2D eigenvalue weighted by Crippen LogP contribution is -2.01. The van der Waals surface area contributed by atoms with Crippen LogP contribution in [0.4, 0.5) is 0 Å². The number of hydrogen-bond donors (Lipinski definition) is 0. The Balaban J connectivity index is 1.91. The van der Waals surface area contributed by atoms with Crippen molar-refractivity contribution in [1.82, 2.24) is 0 Å². The van der Waals surface area contributed by atoms with E-state index in [2.05, 4.69) is 91.8 Å². The molecule has 0 aliphatic carbocycles. The second-order valence-corrected chi connectivity index (χ2v) is 8.69. The molecule has 0 nitrogen and oxygen atoms in total. The van der Waals surface area contributed by atoms with E-state index in [9.17, 15) is 0 Å². The molecule has 3 aromatic carbocycles. The van der Waals surface area contributed by atoms with Crippen LogP contribution in [-0.4, -0.2) is 0 Å². The number of rotatable bonds is 5. The molecule has 0 heterocycles. The lowest BCUT2D eigenvalue weighted by molar-refractivity contribution is 0.931. The fraction of sp³-hybridized carbons (Fsp3) is 0.379. The molecule has 0 aliphatic heterocycles. The largest absolute Gasteiger partial charge is 0.0613 e. The van der Waals surface area contributed by atoms with Crippen LogP contribution in [0.3, 0.4) is 0 Å². The van der Waals surface area contributed by atoms with Gasteiger partial charge in [0.15, 0.2) is 0 Å². The standard InChI is InChI=1S/C29H36/c1-9-25-14-16-28(23(7)21(25)5)29-17-15-27(22(6)24(29)8)13-12-26-11-10-18(2)19(3)20(26)4/h10-11,14-17H,9,12-13H2,1-8H3. The molecule has 0 bridgehead atoms. The van der Waals surface area contributed by atoms with Crippen LogP contribution in [0.2, 0.25) is 0 Å². The Morgan fingerprint density at radius 1 is 0.448 bits per heavy atom. The molecule has 29 heavy (non-hydrogen) atoms. The highest BCUT2D eigenvalue weighted by Gasteiger charge is 2.13. The SMILES string of the molecule is CCc1ccc(-c2ccc(CCc3ccc(C)c(C)c3C)c(C)c2C)c(C)c1C. The van der Waals surface area contributed by atoms with E-state index in [-0.39, 0.29) is 0 Å². The quantitative estimate of drug-likeness (QED) is 0.420. The molecule has 0 amide bonds. The molecule has 0 saturated heterocycles. The third-order valence-electron chi connectivity index (χ3n) is 7.30. The zero-order valence-electron chi connectivity index (χ0n) is 19.6. The molecule has 0 aromatic heterocycles. The molecule has 3 aromatic rings. The first-order valence-corrected chi connectivity index (χ1v) is 11.0. The van der Waals surface area contributed by atoms with Crippen molar-refractivity contribution in [1.29, 1.82) is 0 Å². The minimum absolute atomic E-state index is 1.10. The van der Waals surface area contributed by atoms with Gasteiger partial charge in [-0.1, -0.05) is 43.3 Å². The molecule has 0 N–H and O–H groups in total. The molecule has 0 atom stereocenters. The summed E-state index contributed by atoms with van der Waals surface area (Å²) in [5.74, 6) is 0. The molecule has 0 fully saturated rings. The summed E-state index contributed by atoms with van der Waals surface area (Å²) < 4.78 is 0. The maximum absolute atomic E-state index is 2.36. The van der Waals surface area contributed by atoms with E-state index in [0.717, 1.165) is 19.3 Å². The van der Waals surface area contributed by atoms with Crippen LogP contribution in [0.1, 0.15) is 62.6 Å². The average Bonchev–Trinajstić information content (AvgIpc) is 2.71. The topological polar surface area (TPSA) is 0 Å². The second-order valence-electron chi connectivity index (χ2n) is 8.69. The molecule has 0 spiro atoms. The van der Waals surface area contributed by atoms with E-state index in [1.807, 2.05) is 0 Å². The molecule has 0 aliphatic rings. The van der Waals surface area contributed by atoms with Gasteiger partial charge in [-0.2, -0.15) is 0 Å². The van der Waals surface area contributed by atoms with Crippen molar-refractivity contribution in [2.45, 2.75) is 74.7 Å². The molecule has 0 saturated carbocycles. The summed E-state index contributed by atoms with van der Waals surface area (Å²) in [6.45, 7) is 18.1. The van der Waals surface area contributed by atoms with Crippen molar-refractivity contribution in [2.75, 3.05) is 0 Å². The highest BCUT2D eigenvalue weighted by atomic mass is 14.2. The van der Waals surface area contributed by atoms with Gasteiger partial charge < -0.3 is 0 Å².